The van der Waals surface area contributed by atoms with Crippen molar-refractivity contribution in [3.05, 3.63) is 75.7 Å². The number of aliphatic hydroxyl groups excluding tert-OH is 1. The molecule has 1 fully saturated rings. The van der Waals surface area contributed by atoms with E-state index in [1.807, 2.05) is 44.2 Å². The molecule has 4 rings (SSSR count). The summed E-state index contributed by atoms with van der Waals surface area (Å²) in [5.74, 6) is -0.120. The van der Waals surface area contributed by atoms with Crippen LogP contribution in [0.15, 0.2) is 53.5 Å². The van der Waals surface area contributed by atoms with E-state index in [1.165, 1.54) is 6.20 Å². The molecule has 2 heterocycles. The van der Waals surface area contributed by atoms with Crippen molar-refractivity contribution in [1.29, 1.82) is 0 Å². The Bertz CT molecular complexity index is 1320. The lowest BCUT2D eigenvalue weighted by molar-refractivity contribution is -0.131. The molecule has 37 heavy (non-hydrogen) atoms. The van der Waals surface area contributed by atoms with Gasteiger partial charge in [-0.05, 0) is 55.7 Å². The fourth-order valence-electron chi connectivity index (χ4n) is 4.92. The van der Waals surface area contributed by atoms with E-state index in [-0.39, 0.29) is 35.9 Å². The number of fused-ring (bicyclic) bond motifs is 1. The van der Waals surface area contributed by atoms with E-state index in [0.29, 0.717) is 49.2 Å². The predicted molar refractivity (Wildman–Crippen MR) is 142 cm³/mol. The minimum absolute atomic E-state index is 0.0325. The molecule has 0 radical (unpaired) electrons. The lowest BCUT2D eigenvalue weighted by atomic mass is 10.0. The first-order valence-corrected chi connectivity index (χ1v) is 12.8. The third kappa shape index (κ3) is 6.23. The number of carbonyl (C=O) groups is 2. The maximum atomic E-state index is 13.5. The van der Waals surface area contributed by atoms with E-state index < -0.39 is 0 Å². The largest absolute Gasteiger partial charge is 0.392 e. The van der Waals surface area contributed by atoms with E-state index in [9.17, 15) is 19.5 Å². The first-order valence-electron chi connectivity index (χ1n) is 12.8. The van der Waals surface area contributed by atoms with Gasteiger partial charge in [-0.2, -0.15) is 0 Å². The zero-order chi connectivity index (χ0) is 26.5. The number of likely N-dealkylation sites (tertiary alicyclic amines) is 1. The van der Waals surface area contributed by atoms with Crippen molar-refractivity contribution < 1.29 is 14.7 Å². The molecule has 1 unspecified atom stereocenters. The molecule has 1 aliphatic rings. The third-order valence-electron chi connectivity index (χ3n) is 7.10. The zero-order valence-corrected chi connectivity index (χ0v) is 21.7. The molecular weight excluding hydrogens is 470 g/mol. The lowest BCUT2D eigenvalue weighted by Crippen LogP contribution is -2.39. The molecule has 0 aliphatic carbocycles. The van der Waals surface area contributed by atoms with Gasteiger partial charge in [0.05, 0.1) is 35.8 Å². The summed E-state index contributed by atoms with van der Waals surface area (Å²) in [7, 11) is 1.78. The Labute approximate surface area is 216 Å². The van der Waals surface area contributed by atoms with Gasteiger partial charge in [-0.25, -0.2) is 4.98 Å². The minimum Gasteiger partial charge on any atom is -0.392 e. The highest BCUT2D eigenvalue weighted by Gasteiger charge is 2.29. The normalized spacial score (nSPS) is 16.6. The van der Waals surface area contributed by atoms with Gasteiger partial charge in [-0.15, -0.1) is 0 Å². The molecule has 2 amide bonds. The SMILES string of the molecule is CCN(CC)C(=O)c1cccc([C@@H](CN2CCC(O)C2)N(C)C(=O)Cc2ccc3ncc(=O)[nH]c3c2)c1. The summed E-state index contributed by atoms with van der Waals surface area (Å²) in [4.78, 5) is 50.7. The van der Waals surface area contributed by atoms with E-state index >= 15 is 0 Å². The van der Waals surface area contributed by atoms with Crippen LogP contribution in [0.5, 0.6) is 0 Å². The Kier molecular flexibility index (Phi) is 8.35. The maximum absolute atomic E-state index is 13.5. The van der Waals surface area contributed by atoms with Crippen LogP contribution in [0.4, 0.5) is 0 Å². The Morgan fingerprint density at radius 3 is 2.68 bits per heavy atom. The molecule has 0 spiro atoms. The zero-order valence-electron chi connectivity index (χ0n) is 21.7. The molecule has 2 aromatic carbocycles. The third-order valence-corrected chi connectivity index (χ3v) is 7.10. The van der Waals surface area contributed by atoms with Crippen LogP contribution >= 0.6 is 0 Å². The van der Waals surface area contributed by atoms with Crippen molar-refractivity contribution in [2.75, 3.05) is 39.8 Å². The summed E-state index contributed by atoms with van der Waals surface area (Å²) < 4.78 is 0. The number of nitrogens with one attached hydrogen (secondary N) is 1. The number of β-amino-alcohol motifs (C(OH)–C–C–N with tert-alkyl or cyclic N) is 1. The molecule has 0 bridgehead atoms. The molecule has 2 atom stereocenters. The summed E-state index contributed by atoms with van der Waals surface area (Å²) in [5, 5.41) is 10.1. The lowest BCUT2D eigenvalue weighted by Gasteiger charge is -2.32. The Morgan fingerprint density at radius 2 is 1.97 bits per heavy atom. The minimum atomic E-state index is -0.370. The smallest absolute Gasteiger partial charge is 0.266 e. The number of aromatic nitrogens is 2. The summed E-state index contributed by atoms with van der Waals surface area (Å²) in [5.41, 5.74) is 3.20. The van der Waals surface area contributed by atoms with Crippen LogP contribution in [0.1, 0.15) is 47.8 Å². The van der Waals surface area contributed by atoms with E-state index in [1.54, 1.807) is 29.0 Å². The van der Waals surface area contributed by atoms with Crippen LogP contribution in [0, 0.1) is 0 Å². The maximum Gasteiger partial charge on any atom is 0.266 e. The van der Waals surface area contributed by atoms with Crippen molar-refractivity contribution in [1.82, 2.24) is 24.7 Å². The molecular formula is C28H35N5O4. The van der Waals surface area contributed by atoms with Gasteiger partial charge in [-0.1, -0.05) is 18.2 Å². The average molecular weight is 506 g/mol. The summed E-state index contributed by atoms with van der Waals surface area (Å²) in [6.07, 6.45) is 1.72. The van der Waals surface area contributed by atoms with Crippen molar-refractivity contribution in [3.63, 3.8) is 0 Å². The van der Waals surface area contributed by atoms with E-state index in [0.717, 1.165) is 17.7 Å². The van der Waals surface area contributed by atoms with Crippen molar-refractivity contribution >= 4 is 22.8 Å². The number of aromatic amines is 1. The monoisotopic (exact) mass is 505 g/mol. The van der Waals surface area contributed by atoms with Crippen LogP contribution < -0.4 is 5.56 Å². The number of benzene rings is 2. The van der Waals surface area contributed by atoms with Gasteiger partial charge in [0.15, 0.2) is 0 Å². The van der Waals surface area contributed by atoms with Crippen LogP contribution in [0.3, 0.4) is 0 Å². The highest BCUT2D eigenvalue weighted by molar-refractivity contribution is 5.94. The number of amides is 2. The van der Waals surface area contributed by atoms with Gasteiger partial charge in [0.2, 0.25) is 5.91 Å². The molecule has 196 valence electrons. The van der Waals surface area contributed by atoms with Crippen LogP contribution in [0.25, 0.3) is 11.0 Å². The fraction of sp³-hybridized carbons (Fsp3) is 0.429. The highest BCUT2D eigenvalue weighted by Crippen LogP contribution is 2.25. The predicted octanol–water partition coefficient (Wildman–Crippen LogP) is 2.21. The number of nitrogens with zero attached hydrogens (tertiary/aromatic N) is 4. The summed E-state index contributed by atoms with van der Waals surface area (Å²) in [6.45, 7) is 7.02. The quantitative estimate of drug-likeness (QED) is 0.462. The molecule has 1 aliphatic heterocycles. The average Bonchev–Trinajstić information content (AvgIpc) is 3.31. The van der Waals surface area contributed by atoms with E-state index in [2.05, 4.69) is 14.9 Å². The van der Waals surface area contributed by atoms with Gasteiger partial charge >= 0.3 is 0 Å². The van der Waals surface area contributed by atoms with Crippen molar-refractivity contribution in [3.8, 4) is 0 Å². The molecule has 9 nitrogen and oxygen atoms in total. The number of aliphatic hydroxyl groups is 1. The Balaban J connectivity index is 1.60. The van der Waals surface area contributed by atoms with Gasteiger partial charge < -0.3 is 19.9 Å². The van der Waals surface area contributed by atoms with Crippen LogP contribution in [-0.2, 0) is 11.2 Å². The molecule has 0 saturated carbocycles. The molecule has 1 saturated heterocycles. The number of likely N-dealkylation sites (N-methyl/N-ethyl adjacent to an activating group) is 1. The topological polar surface area (TPSA) is 110 Å². The van der Waals surface area contributed by atoms with Crippen LogP contribution in [0.2, 0.25) is 0 Å². The van der Waals surface area contributed by atoms with Gasteiger partial charge in [-0.3, -0.25) is 19.3 Å². The number of H-pyrrole nitrogens is 1. The second kappa shape index (κ2) is 11.7. The molecule has 3 aromatic rings. The number of hydrogen-bond acceptors (Lipinski definition) is 6. The fourth-order valence-corrected chi connectivity index (χ4v) is 4.92. The second-order valence-corrected chi connectivity index (χ2v) is 9.60. The first kappa shape index (κ1) is 26.5. The Hall–Kier alpha value is -3.56. The number of rotatable bonds is 9. The van der Waals surface area contributed by atoms with Crippen LogP contribution in [-0.4, -0.2) is 87.5 Å². The molecule has 1 aromatic heterocycles. The number of carbonyl (C=O) groups excluding carboxylic acids is 2. The molecule has 9 heteroatoms. The molecule has 2 N–H and O–H groups in total. The summed E-state index contributed by atoms with van der Waals surface area (Å²) in [6, 6.07) is 12.6. The summed E-state index contributed by atoms with van der Waals surface area (Å²) >= 11 is 0. The standard InChI is InChI=1S/C28H35N5O4/c1-4-33(5-2)28(37)21-8-6-7-20(15-21)25(18-32-12-11-22(34)17-32)31(3)27(36)14-19-9-10-23-24(13-19)30-26(35)16-29-23/h6-10,13,15-16,22,25,34H,4-5,11-12,14,17-18H2,1-3H3,(H,30,35)/t22?,25-/m1/s1. The van der Waals surface area contributed by atoms with Gasteiger partial charge in [0.1, 0.15) is 0 Å². The van der Waals surface area contributed by atoms with Crippen molar-refractivity contribution in [2.45, 2.75) is 38.8 Å². The number of hydrogen-bond donors (Lipinski definition) is 2. The van der Waals surface area contributed by atoms with E-state index in [4.69, 9.17) is 0 Å². The first-order chi connectivity index (χ1) is 17.8. The highest BCUT2D eigenvalue weighted by atomic mass is 16.3. The van der Waals surface area contributed by atoms with Crippen molar-refractivity contribution in [2.24, 2.45) is 0 Å². The Morgan fingerprint density at radius 1 is 1.19 bits per heavy atom. The second-order valence-electron chi connectivity index (χ2n) is 9.60. The van der Waals surface area contributed by atoms with Gasteiger partial charge in [0, 0.05) is 45.3 Å². The van der Waals surface area contributed by atoms with Gasteiger partial charge in [0.25, 0.3) is 11.5 Å².